The van der Waals surface area contributed by atoms with Crippen molar-refractivity contribution < 1.29 is 9.84 Å². The summed E-state index contributed by atoms with van der Waals surface area (Å²) in [4.78, 5) is 19.0. The second kappa shape index (κ2) is 5.69. The van der Waals surface area contributed by atoms with Crippen molar-refractivity contribution in [3.63, 3.8) is 0 Å². The largest absolute Gasteiger partial charge is 0.494 e. The van der Waals surface area contributed by atoms with Crippen molar-refractivity contribution in [1.29, 1.82) is 0 Å². The Morgan fingerprint density at radius 1 is 1.35 bits per heavy atom. The number of fused-ring (bicyclic) bond motifs is 1. The molecule has 1 aromatic rings. The molecule has 2 aliphatic rings. The van der Waals surface area contributed by atoms with Crippen molar-refractivity contribution in [3.8, 4) is 5.88 Å². The van der Waals surface area contributed by atoms with Gasteiger partial charge in [-0.1, -0.05) is 0 Å². The fourth-order valence-electron chi connectivity index (χ4n) is 2.70. The van der Waals surface area contributed by atoms with E-state index >= 15 is 0 Å². The smallest absolute Gasteiger partial charge is 0.267 e. The van der Waals surface area contributed by atoms with Gasteiger partial charge in [-0.05, 0) is 38.2 Å². The Balaban J connectivity index is 2.19. The van der Waals surface area contributed by atoms with Crippen molar-refractivity contribution in [2.45, 2.75) is 33.2 Å². The van der Waals surface area contributed by atoms with Gasteiger partial charge in [-0.2, -0.15) is 0 Å². The van der Waals surface area contributed by atoms with Gasteiger partial charge in [0.25, 0.3) is 5.56 Å². The van der Waals surface area contributed by atoms with Crippen LogP contribution in [0.25, 0.3) is 0 Å². The lowest BCUT2D eigenvalue weighted by Gasteiger charge is -2.18. The van der Waals surface area contributed by atoms with Crippen molar-refractivity contribution in [2.75, 3.05) is 7.05 Å². The topological polar surface area (TPSA) is 72.0 Å². The summed E-state index contributed by atoms with van der Waals surface area (Å²) in [5.41, 5.74) is -0.262. The van der Waals surface area contributed by atoms with E-state index < -0.39 is 6.23 Å². The van der Waals surface area contributed by atoms with Gasteiger partial charge in [-0.25, -0.2) is 4.99 Å². The zero-order valence-corrected chi connectivity index (χ0v) is 14.0. The van der Waals surface area contributed by atoms with E-state index in [1.165, 1.54) is 9.13 Å². The second-order valence-corrected chi connectivity index (χ2v) is 5.58. The molecule has 0 radical (unpaired) electrons. The summed E-state index contributed by atoms with van der Waals surface area (Å²) in [7, 11) is 1.84. The average molecular weight is 334 g/mol. The predicted molar refractivity (Wildman–Crippen MR) is 88.8 cm³/mol. The first-order valence-corrected chi connectivity index (χ1v) is 7.83. The number of aromatic hydroxyl groups is 1. The molecular formula is C15H18N4O3S. The Bertz CT molecular complexity index is 863. The maximum absolute atomic E-state index is 12.7. The third kappa shape index (κ3) is 2.29. The molecule has 3 heterocycles. The molecule has 1 unspecified atom stereocenters. The molecule has 3 rings (SSSR count). The Kier molecular flexibility index (Phi) is 3.85. The van der Waals surface area contributed by atoms with Crippen LogP contribution in [0.3, 0.4) is 0 Å². The van der Waals surface area contributed by atoms with Crippen molar-refractivity contribution in [2.24, 2.45) is 4.99 Å². The lowest BCUT2D eigenvalue weighted by molar-refractivity contribution is 0.150. The van der Waals surface area contributed by atoms with E-state index in [-0.39, 0.29) is 17.0 Å². The van der Waals surface area contributed by atoms with Crippen molar-refractivity contribution in [3.05, 3.63) is 44.8 Å². The molecule has 0 amide bonds. The molecule has 122 valence electrons. The molecule has 8 heteroatoms. The molecule has 0 spiro atoms. The van der Waals surface area contributed by atoms with Gasteiger partial charge in [0, 0.05) is 26.3 Å². The minimum atomic E-state index is -0.878. The number of hydrogen-bond donors (Lipinski definition) is 1. The van der Waals surface area contributed by atoms with Crippen LogP contribution in [0.1, 0.15) is 25.6 Å². The molecule has 0 aliphatic carbocycles. The van der Waals surface area contributed by atoms with Crippen LogP contribution in [-0.4, -0.2) is 32.0 Å². The quantitative estimate of drug-likeness (QED) is 0.855. The minimum absolute atomic E-state index is 0.110. The molecule has 1 atom stereocenters. The predicted octanol–water partition coefficient (Wildman–Crippen LogP) is 1.89. The van der Waals surface area contributed by atoms with Crippen LogP contribution in [-0.2, 0) is 17.8 Å². The number of hydrogen-bond acceptors (Lipinski definition) is 6. The zero-order chi connectivity index (χ0) is 16.7. The molecule has 0 bridgehead atoms. The van der Waals surface area contributed by atoms with Gasteiger partial charge >= 0.3 is 0 Å². The Morgan fingerprint density at radius 2 is 2.04 bits per heavy atom. The van der Waals surface area contributed by atoms with E-state index in [9.17, 15) is 9.90 Å². The van der Waals surface area contributed by atoms with Crippen LogP contribution in [0, 0.1) is 4.77 Å². The van der Waals surface area contributed by atoms with Gasteiger partial charge < -0.3 is 14.7 Å². The van der Waals surface area contributed by atoms with E-state index in [4.69, 9.17) is 17.0 Å². The fraction of sp³-hybridized carbons (Fsp3) is 0.400. The number of rotatable bonds is 3. The number of allylic oxidation sites excluding steroid dienone is 2. The fourth-order valence-corrected chi connectivity index (χ4v) is 3.12. The Morgan fingerprint density at radius 3 is 2.65 bits per heavy atom. The zero-order valence-electron chi connectivity index (χ0n) is 13.2. The van der Waals surface area contributed by atoms with Crippen LogP contribution >= 0.6 is 12.2 Å². The highest BCUT2D eigenvalue weighted by molar-refractivity contribution is 7.71. The molecule has 1 N–H and O–H groups in total. The number of nitrogens with zero attached hydrogens (tertiary/aromatic N) is 4. The lowest BCUT2D eigenvalue weighted by Crippen LogP contribution is -2.29. The van der Waals surface area contributed by atoms with Gasteiger partial charge in [-0.3, -0.25) is 13.9 Å². The van der Waals surface area contributed by atoms with E-state index in [2.05, 4.69) is 4.99 Å². The summed E-state index contributed by atoms with van der Waals surface area (Å²) in [6.45, 7) is 4.55. The summed E-state index contributed by atoms with van der Waals surface area (Å²) in [5, 5.41) is 10.5. The molecule has 0 aromatic carbocycles. The van der Waals surface area contributed by atoms with E-state index in [0.29, 0.717) is 29.5 Å². The number of amidine groups is 1. The normalized spacial score (nSPS) is 19.3. The summed E-state index contributed by atoms with van der Waals surface area (Å²) < 4.78 is 9.01. The highest BCUT2D eigenvalue weighted by atomic mass is 32.1. The molecule has 7 nitrogen and oxygen atoms in total. The van der Waals surface area contributed by atoms with Gasteiger partial charge in [0.15, 0.2) is 16.4 Å². The molecule has 0 fully saturated rings. The molecule has 1 aromatic heterocycles. The van der Waals surface area contributed by atoms with Crippen molar-refractivity contribution >= 4 is 18.1 Å². The molecule has 23 heavy (non-hydrogen) atoms. The number of aromatic nitrogens is 2. The third-order valence-electron chi connectivity index (χ3n) is 3.90. The van der Waals surface area contributed by atoms with Gasteiger partial charge in [0.2, 0.25) is 12.1 Å². The summed E-state index contributed by atoms with van der Waals surface area (Å²) in [5.74, 6) is 1.02. The number of ether oxygens (including phenoxy) is 1. The van der Waals surface area contributed by atoms with Gasteiger partial charge in [-0.15, -0.1) is 0 Å². The van der Waals surface area contributed by atoms with E-state index in [1.54, 1.807) is 11.0 Å². The highest BCUT2D eigenvalue weighted by Gasteiger charge is 2.33. The average Bonchev–Trinajstić information content (AvgIpc) is 2.93. The monoisotopic (exact) mass is 334 g/mol. The van der Waals surface area contributed by atoms with E-state index in [1.807, 2.05) is 33.2 Å². The van der Waals surface area contributed by atoms with Gasteiger partial charge in [0.1, 0.15) is 5.56 Å². The van der Waals surface area contributed by atoms with Crippen LogP contribution < -0.4 is 5.56 Å². The maximum Gasteiger partial charge on any atom is 0.267 e. The lowest BCUT2D eigenvalue weighted by atomic mass is 10.2. The van der Waals surface area contributed by atoms with Crippen molar-refractivity contribution in [1.82, 2.24) is 14.0 Å². The van der Waals surface area contributed by atoms with Crippen LogP contribution in [0.5, 0.6) is 5.88 Å². The first-order chi connectivity index (χ1) is 11.0. The molecule has 0 saturated heterocycles. The summed E-state index contributed by atoms with van der Waals surface area (Å²) in [6.07, 6.45) is 4.58. The van der Waals surface area contributed by atoms with Crippen LogP contribution in [0.2, 0.25) is 0 Å². The SMILES string of the molecule is CCn1c(O)c(C2N=C3C(=CC=CN3C)O2)c(=O)n(CC)c1=S. The van der Waals surface area contributed by atoms with E-state index in [0.717, 1.165) is 0 Å². The second-order valence-electron chi connectivity index (χ2n) is 5.22. The first-order valence-electron chi connectivity index (χ1n) is 7.42. The number of likely N-dealkylation sites (N-methyl/N-ethyl adjacent to an activating group) is 1. The highest BCUT2D eigenvalue weighted by Crippen LogP contribution is 2.34. The molecular weight excluding hydrogens is 316 g/mol. The Hall–Kier alpha value is -2.35. The van der Waals surface area contributed by atoms with Crippen LogP contribution in [0.4, 0.5) is 0 Å². The maximum atomic E-state index is 12.7. The first kappa shape index (κ1) is 15.5. The molecule has 0 saturated carbocycles. The summed E-state index contributed by atoms with van der Waals surface area (Å²) in [6, 6.07) is 0. The van der Waals surface area contributed by atoms with Gasteiger partial charge in [0.05, 0.1) is 0 Å². The Labute approximate surface area is 138 Å². The standard InChI is InChI=1S/C15H18N4O3S/c1-4-18-13(20)10(14(21)19(5-2)15(18)23)12-16-11-9(22-12)7-6-8-17(11)3/h6-8,12,20H,4-5H2,1-3H3. The minimum Gasteiger partial charge on any atom is -0.494 e. The summed E-state index contributed by atoms with van der Waals surface area (Å²) >= 11 is 5.28. The van der Waals surface area contributed by atoms with Crippen LogP contribution in [0.15, 0.2) is 33.9 Å². The third-order valence-corrected chi connectivity index (χ3v) is 4.34. The number of aliphatic imine (C=N–C) groups is 1. The molecule has 2 aliphatic heterocycles.